The molecule has 28 heavy (non-hydrogen) atoms. The summed E-state index contributed by atoms with van der Waals surface area (Å²) in [5.41, 5.74) is 2.61. The number of methoxy groups -OCH3 is 1. The Morgan fingerprint density at radius 2 is 2.07 bits per heavy atom. The third-order valence-corrected chi connectivity index (χ3v) is 4.72. The highest BCUT2D eigenvalue weighted by Crippen LogP contribution is 2.35. The SMILES string of the molecule is COc1ccc(C2CCOCC2)c2ncc(NC(=O)c3cnnc(O)c3)nc12. The number of nitrogens with one attached hydrogen (secondary N) is 1. The van der Waals surface area contributed by atoms with Gasteiger partial charge in [0.25, 0.3) is 5.91 Å². The van der Waals surface area contributed by atoms with E-state index in [0.29, 0.717) is 17.2 Å². The fourth-order valence-electron chi connectivity index (χ4n) is 3.33. The quantitative estimate of drug-likeness (QED) is 0.706. The lowest BCUT2D eigenvalue weighted by atomic mass is 9.90. The van der Waals surface area contributed by atoms with Gasteiger partial charge < -0.3 is 19.9 Å². The smallest absolute Gasteiger partial charge is 0.258 e. The Morgan fingerprint density at radius 3 is 2.82 bits per heavy atom. The van der Waals surface area contributed by atoms with Crippen LogP contribution in [0.5, 0.6) is 11.6 Å². The van der Waals surface area contributed by atoms with Gasteiger partial charge in [-0.25, -0.2) is 4.98 Å². The van der Waals surface area contributed by atoms with E-state index in [-0.39, 0.29) is 17.3 Å². The Kier molecular flexibility index (Phi) is 4.98. The van der Waals surface area contributed by atoms with Gasteiger partial charge in [-0.1, -0.05) is 6.07 Å². The van der Waals surface area contributed by atoms with Crippen LogP contribution < -0.4 is 10.1 Å². The maximum Gasteiger partial charge on any atom is 0.258 e. The number of hydrogen-bond acceptors (Lipinski definition) is 8. The predicted molar refractivity (Wildman–Crippen MR) is 101 cm³/mol. The lowest BCUT2D eigenvalue weighted by molar-refractivity contribution is 0.0855. The first-order chi connectivity index (χ1) is 13.7. The van der Waals surface area contributed by atoms with E-state index in [1.54, 1.807) is 7.11 Å². The summed E-state index contributed by atoms with van der Waals surface area (Å²) >= 11 is 0. The number of nitrogens with zero attached hydrogens (tertiary/aromatic N) is 4. The summed E-state index contributed by atoms with van der Waals surface area (Å²) < 4.78 is 10.9. The molecule has 0 saturated carbocycles. The Labute approximate surface area is 160 Å². The number of anilines is 1. The number of rotatable bonds is 4. The molecular weight excluding hydrogens is 362 g/mol. The number of carbonyl (C=O) groups excluding carboxylic acids is 1. The Morgan fingerprint density at radius 1 is 1.25 bits per heavy atom. The van der Waals surface area contributed by atoms with Gasteiger partial charge in [-0.05, 0) is 30.4 Å². The van der Waals surface area contributed by atoms with Crippen LogP contribution in [0.2, 0.25) is 0 Å². The van der Waals surface area contributed by atoms with Crippen molar-refractivity contribution < 1.29 is 19.4 Å². The first kappa shape index (κ1) is 18.1. The topological polar surface area (TPSA) is 119 Å². The summed E-state index contributed by atoms with van der Waals surface area (Å²) in [6.07, 6.45) is 4.63. The summed E-state index contributed by atoms with van der Waals surface area (Å²) in [5.74, 6) is 0.398. The zero-order valence-corrected chi connectivity index (χ0v) is 15.3. The Bertz CT molecular complexity index is 1020. The number of benzene rings is 1. The molecule has 1 aliphatic rings. The van der Waals surface area contributed by atoms with Crippen LogP contribution in [0.25, 0.3) is 11.0 Å². The molecule has 3 aromatic rings. The molecular formula is C19H19N5O4. The van der Waals surface area contributed by atoms with Crippen LogP contribution in [0.3, 0.4) is 0 Å². The van der Waals surface area contributed by atoms with Crippen molar-refractivity contribution in [1.29, 1.82) is 0 Å². The van der Waals surface area contributed by atoms with E-state index < -0.39 is 5.91 Å². The first-order valence-electron chi connectivity index (χ1n) is 8.90. The number of fused-ring (bicyclic) bond motifs is 1. The van der Waals surface area contributed by atoms with Crippen molar-refractivity contribution in [2.75, 3.05) is 25.6 Å². The zero-order valence-electron chi connectivity index (χ0n) is 15.3. The molecule has 144 valence electrons. The molecule has 1 saturated heterocycles. The van der Waals surface area contributed by atoms with E-state index >= 15 is 0 Å². The molecule has 4 rings (SSSR count). The molecule has 0 atom stereocenters. The average molecular weight is 381 g/mol. The number of carbonyl (C=O) groups is 1. The van der Waals surface area contributed by atoms with Crippen LogP contribution in [-0.4, -0.2) is 51.5 Å². The molecule has 3 heterocycles. The fraction of sp³-hybridized carbons (Fsp3) is 0.316. The minimum absolute atomic E-state index is 0.164. The van der Waals surface area contributed by atoms with Crippen LogP contribution in [0.15, 0.2) is 30.6 Å². The van der Waals surface area contributed by atoms with Crippen molar-refractivity contribution in [1.82, 2.24) is 20.2 Å². The summed E-state index contributed by atoms with van der Waals surface area (Å²) in [6.45, 7) is 1.46. The highest BCUT2D eigenvalue weighted by molar-refractivity contribution is 6.04. The van der Waals surface area contributed by atoms with Gasteiger partial charge >= 0.3 is 0 Å². The van der Waals surface area contributed by atoms with Crippen molar-refractivity contribution in [2.45, 2.75) is 18.8 Å². The summed E-state index contributed by atoms with van der Waals surface area (Å²) in [4.78, 5) is 21.5. The van der Waals surface area contributed by atoms with E-state index in [4.69, 9.17) is 9.47 Å². The molecule has 9 nitrogen and oxygen atoms in total. The van der Waals surface area contributed by atoms with Crippen molar-refractivity contribution in [3.63, 3.8) is 0 Å². The van der Waals surface area contributed by atoms with Crippen LogP contribution in [-0.2, 0) is 4.74 Å². The second-order valence-electron chi connectivity index (χ2n) is 6.45. The van der Waals surface area contributed by atoms with Crippen molar-refractivity contribution in [3.8, 4) is 11.6 Å². The molecule has 1 fully saturated rings. The fourth-order valence-corrected chi connectivity index (χ4v) is 3.33. The first-order valence-corrected chi connectivity index (χ1v) is 8.90. The van der Waals surface area contributed by atoms with Gasteiger partial charge in [0.1, 0.15) is 11.3 Å². The maximum atomic E-state index is 12.4. The number of ether oxygens (including phenoxy) is 2. The lowest BCUT2D eigenvalue weighted by Gasteiger charge is -2.23. The predicted octanol–water partition coefficient (Wildman–Crippen LogP) is 2.28. The van der Waals surface area contributed by atoms with E-state index in [1.807, 2.05) is 12.1 Å². The highest BCUT2D eigenvalue weighted by Gasteiger charge is 2.21. The lowest BCUT2D eigenvalue weighted by Crippen LogP contribution is -2.16. The molecule has 0 radical (unpaired) electrons. The summed E-state index contributed by atoms with van der Waals surface area (Å²) in [7, 11) is 1.57. The van der Waals surface area contributed by atoms with Gasteiger partial charge in [0, 0.05) is 19.3 Å². The third-order valence-electron chi connectivity index (χ3n) is 4.72. The number of hydrogen-bond donors (Lipinski definition) is 2. The molecule has 2 N–H and O–H groups in total. The number of amides is 1. The number of aromatic nitrogens is 4. The normalized spacial score (nSPS) is 14.8. The van der Waals surface area contributed by atoms with Gasteiger partial charge in [0.05, 0.1) is 30.6 Å². The second-order valence-corrected chi connectivity index (χ2v) is 6.45. The molecule has 1 aromatic carbocycles. The van der Waals surface area contributed by atoms with E-state index in [2.05, 4.69) is 25.5 Å². The highest BCUT2D eigenvalue weighted by atomic mass is 16.5. The van der Waals surface area contributed by atoms with Crippen molar-refractivity contribution in [3.05, 3.63) is 41.7 Å². The Balaban J connectivity index is 1.68. The van der Waals surface area contributed by atoms with Crippen LogP contribution in [0, 0.1) is 0 Å². The average Bonchev–Trinajstić information content (AvgIpc) is 2.73. The molecule has 1 amide bonds. The van der Waals surface area contributed by atoms with Crippen LogP contribution >= 0.6 is 0 Å². The number of aromatic hydroxyl groups is 1. The maximum absolute atomic E-state index is 12.4. The van der Waals surface area contributed by atoms with E-state index in [0.717, 1.165) is 37.1 Å². The second kappa shape index (κ2) is 7.73. The van der Waals surface area contributed by atoms with Gasteiger partial charge in [-0.3, -0.25) is 9.78 Å². The molecule has 1 aliphatic heterocycles. The van der Waals surface area contributed by atoms with Crippen LogP contribution in [0.4, 0.5) is 5.82 Å². The molecule has 0 spiro atoms. The molecule has 0 bridgehead atoms. The van der Waals surface area contributed by atoms with Gasteiger partial charge in [0.2, 0.25) is 5.88 Å². The van der Waals surface area contributed by atoms with Gasteiger partial charge in [0.15, 0.2) is 5.82 Å². The molecule has 0 unspecified atom stereocenters. The summed E-state index contributed by atoms with van der Waals surface area (Å²) in [5, 5.41) is 19.0. The van der Waals surface area contributed by atoms with E-state index in [1.165, 1.54) is 18.5 Å². The molecule has 9 heteroatoms. The standard InChI is InChI=1S/C19H19N5O4/c1-27-14-3-2-13(11-4-6-28-7-5-11)17-18(14)22-15(10-20-17)23-19(26)12-8-16(25)24-21-9-12/h2-3,8-11H,4-7H2,1H3,(H,24,25)(H,22,23,26). The summed E-state index contributed by atoms with van der Waals surface area (Å²) in [6, 6.07) is 5.12. The van der Waals surface area contributed by atoms with Crippen molar-refractivity contribution in [2.24, 2.45) is 0 Å². The third kappa shape index (κ3) is 3.56. The molecule has 0 aliphatic carbocycles. The van der Waals surface area contributed by atoms with E-state index in [9.17, 15) is 9.90 Å². The molecule has 2 aromatic heterocycles. The van der Waals surface area contributed by atoms with Crippen molar-refractivity contribution >= 4 is 22.8 Å². The minimum atomic E-state index is -0.474. The van der Waals surface area contributed by atoms with Gasteiger partial charge in [-0.2, -0.15) is 5.10 Å². The largest absolute Gasteiger partial charge is 0.494 e. The monoisotopic (exact) mass is 381 g/mol. The van der Waals surface area contributed by atoms with Gasteiger partial charge in [-0.15, -0.1) is 5.10 Å². The minimum Gasteiger partial charge on any atom is -0.494 e. The zero-order chi connectivity index (χ0) is 19.5. The Hall–Kier alpha value is -3.33. The van der Waals surface area contributed by atoms with Crippen LogP contribution in [0.1, 0.15) is 34.7 Å².